The van der Waals surface area contributed by atoms with Gasteiger partial charge in [-0.15, -0.1) is 0 Å². The Bertz CT molecular complexity index is 743. The van der Waals surface area contributed by atoms with E-state index >= 15 is 0 Å². The van der Waals surface area contributed by atoms with Crippen LogP contribution >= 0.6 is 0 Å². The molecule has 0 saturated carbocycles. The normalized spacial score (nSPS) is 10.8. The lowest BCUT2D eigenvalue weighted by Crippen LogP contribution is -2.02. The molecule has 0 aliphatic heterocycles. The van der Waals surface area contributed by atoms with Crippen LogP contribution in [0.15, 0.2) is 42.7 Å². The molecule has 0 aliphatic carbocycles. The molecule has 0 saturated heterocycles. The number of rotatable bonds is 3. The average Bonchev–Trinajstić information content (AvgIpc) is 3.01. The van der Waals surface area contributed by atoms with Crippen molar-refractivity contribution in [3.63, 3.8) is 0 Å². The molecule has 106 valence electrons. The van der Waals surface area contributed by atoms with Crippen LogP contribution in [0.25, 0.3) is 16.9 Å². The Morgan fingerprint density at radius 1 is 1.05 bits per heavy atom. The molecule has 4 nitrogen and oxygen atoms in total. The predicted octanol–water partition coefficient (Wildman–Crippen LogP) is 3.51. The first-order valence-corrected chi connectivity index (χ1v) is 7.13. The van der Waals surface area contributed by atoms with E-state index < -0.39 is 0 Å². The molecule has 1 aromatic carbocycles. The summed E-state index contributed by atoms with van der Waals surface area (Å²) in [6.45, 7) is 6.13. The van der Waals surface area contributed by atoms with Crippen molar-refractivity contribution >= 4 is 0 Å². The fourth-order valence-corrected chi connectivity index (χ4v) is 2.59. The Morgan fingerprint density at radius 3 is 2.43 bits per heavy atom. The molecule has 0 atom stereocenters. The lowest BCUT2D eigenvalue weighted by atomic mass is 10.0. The predicted molar refractivity (Wildman–Crippen MR) is 83.4 cm³/mol. The molecular formula is C17H18N4. The summed E-state index contributed by atoms with van der Waals surface area (Å²) in [5.74, 6) is 0.816. The minimum Gasteiger partial charge on any atom is -0.241 e. The fourth-order valence-electron chi connectivity index (χ4n) is 2.59. The quantitative estimate of drug-likeness (QED) is 0.736. The maximum atomic E-state index is 4.63. The van der Waals surface area contributed by atoms with Crippen molar-refractivity contribution in [2.24, 2.45) is 0 Å². The molecule has 4 heteroatoms. The molecular weight excluding hydrogens is 260 g/mol. The van der Waals surface area contributed by atoms with Gasteiger partial charge < -0.3 is 0 Å². The number of hydrogen-bond acceptors (Lipinski definition) is 3. The van der Waals surface area contributed by atoms with Crippen LogP contribution in [0, 0.1) is 13.8 Å². The standard InChI is InChI=1S/C17H18N4/c1-4-16-12(2)19-13(3)20-17(16)14-6-8-15(9-7-14)21-11-5-10-18-21/h5-11H,4H2,1-3H3. The SMILES string of the molecule is CCc1c(C)nc(C)nc1-c1ccc(-n2cccn2)cc1. The van der Waals surface area contributed by atoms with E-state index in [1.54, 1.807) is 6.20 Å². The number of nitrogens with zero attached hydrogens (tertiary/aromatic N) is 4. The minimum absolute atomic E-state index is 0.816. The largest absolute Gasteiger partial charge is 0.241 e. The van der Waals surface area contributed by atoms with Crippen molar-refractivity contribution in [2.45, 2.75) is 27.2 Å². The van der Waals surface area contributed by atoms with Crippen LogP contribution in [-0.4, -0.2) is 19.7 Å². The molecule has 3 aromatic rings. The summed E-state index contributed by atoms with van der Waals surface area (Å²) < 4.78 is 1.85. The number of aryl methyl sites for hydroxylation is 2. The topological polar surface area (TPSA) is 43.6 Å². The van der Waals surface area contributed by atoms with Crippen molar-refractivity contribution in [1.29, 1.82) is 0 Å². The smallest absolute Gasteiger partial charge is 0.126 e. The summed E-state index contributed by atoms with van der Waals surface area (Å²) in [4.78, 5) is 9.10. The highest BCUT2D eigenvalue weighted by molar-refractivity contribution is 5.65. The van der Waals surface area contributed by atoms with Crippen molar-refractivity contribution in [2.75, 3.05) is 0 Å². The maximum Gasteiger partial charge on any atom is 0.126 e. The molecule has 0 N–H and O–H groups in total. The molecule has 2 aromatic heterocycles. The maximum absolute atomic E-state index is 4.63. The lowest BCUT2D eigenvalue weighted by molar-refractivity contribution is 0.880. The van der Waals surface area contributed by atoms with E-state index in [1.165, 1.54) is 5.56 Å². The zero-order valence-corrected chi connectivity index (χ0v) is 12.5. The highest BCUT2D eigenvalue weighted by Gasteiger charge is 2.10. The van der Waals surface area contributed by atoms with E-state index in [4.69, 9.17) is 0 Å². The zero-order chi connectivity index (χ0) is 14.8. The summed E-state index contributed by atoms with van der Waals surface area (Å²) in [5, 5.41) is 4.24. The van der Waals surface area contributed by atoms with Gasteiger partial charge in [0.2, 0.25) is 0 Å². The number of hydrogen-bond donors (Lipinski definition) is 0. The number of aromatic nitrogens is 4. The van der Waals surface area contributed by atoms with Crippen LogP contribution in [0.4, 0.5) is 0 Å². The zero-order valence-electron chi connectivity index (χ0n) is 12.5. The lowest BCUT2D eigenvalue weighted by Gasteiger charge is -2.11. The van der Waals surface area contributed by atoms with Gasteiger partial charge in [-0.1, -0.05) is 19.1 Å². The van der Waals surface area contributed by atoms with Gasteiger partial charge >= 0.3 is 0 Å². The third-order valence-corrected chi connectivity index (χ3v) is 3.59. The van der Waals surface area contributed by atoms with Crippen LogP contribution < -0.4 is 0 Å². The average molecular weight is 278 g/mol. The van der Waals surface area contributed by atoms with Gasteiger partial charge in [0.25, 0.3) is 0 Å². The molecule has 0 bridgehead atoms. The molecule has 2 heterocycles. The van der Waals surface area contributed by atoms with Crippen LogP contribution in [0.3, 0.4) is 0 Å². The summed E-state index contributed by atoms with van der Waals surface area (Å²) in [6, 6.07) is 10.2. The Labute approximate surface area is 124 Å². The van der Waals surface area contributed by atoms with Crippen LogP contribution in [0.1, 0.15) is 24.0 Å². The Kier molecular flexibility index (Phi) is 3.52. The Morgan fingerprint density at radius 2 is 1.81 bits per heavy atom. The summed E-state index contributed by atoms with van der Waals surface area (Å²) >= 11 is 0. The number of benzene rings is 1. The van der Waals surface area contributed by atoms with Crippen molar-refractivity contribution in [1.82, 2.24) is 19.7 Å². The van der Waals surface area contributed by atoms with Gasteiger partial charge in [0.1, 0.15) is 5.82 Å². The van der Waals surface area contributed by atoms with Crippen molar-refractivity contribution in [3.8, 4) is 16.9 Å². The third-order valence-electron chi connectivity index (χ3n) is 3.59. The first-order valence-electron chi connectivity index (χ1n) is 7.13. The second-order valence-corrected chi connectivity index (χ2v) is 5.03. The molecule has 3 rings (SSSR count). The van der Waals surface area contributed by atoms with E-state index in [-0.39, 0.29) is 0 Å². The Hall–Kier alpha value is -2.49. The van der Waals surface area contributed by atoms with E-state index in [9.17, 15) is 0 Å². The second kappa shape index (κ2) is 5.48. The molecule has 0 aliphatic rings. The van der Waals surface area contributed by atoms with Crippen molar-refractivity contribution < 1.29 is 0 Å². The monoisotopic (exact) mass is 278 g/mol. The highest BCUT2D eigenvalue weighted by atomic mass is 15.3. The van der Waals surface area contributed by atoms with Crippen molar-refractivity contribution in [3.05, 3.63) is 59.8 Å². The van der Waals surface area contributed by atoms with Gasteiger partial charge in [-0.25, -0.2) is 14.6 Å². The molecule has 0 unspecified atom stereocenters. The molecule has 0 spiro atoms. The first kappa shape index (κ1) is 13.5. The van der Waals surface area contributed by atoms with Crippen LogP contribution in [-0.2, 0) is 6.42 Å². The molecule has 21 heavy (non-hydrogen) atoms. The van der Waals surface area contributed by atoms with E-state index in [1.807, 2.05) is 23.9 Å². The summed E-state index contributed by atoms with van der Waals surface area (Å²) in [5.41, 5.74) is 5.48. The molecule has 0 radical (unpaired) electrons. The van der Waals surface area contributed by atoms with Gasteiger partial charge in [0.15, 0.2) is 0 Å². The van der Waals surface area contributed by atoms with E-state index in [0.717, 1.165) is 34.9 Å². The van der Waals surface area contributed by atoms with E-state index in [0.29, 0.717) is 0 Å². The van der Waals surface area contributed by atoms with Gasteiger partial charge in [0, 0.05) is 23.7 Å². The second-order valence-electron chi connectivity index (χ2n) is 5.03. The van der Waals surface area contributed by atoms with Crippen LogP contribution in [0.5, 0.6) is 0 Å². The van der Waals surface area contributed by atoms with Gasteiger partial charge in [-0.3, -0.25) is 0 Å². The van der Waals surface area contributed by atoms with Crippen LogP contribution in [0.2, 0.25) is 0 Å². The fraction of sp³-hybridized carbons (Fsp3) is 0.235. The van der Waals surface area contributed by atoms with Gasteiger partial charge in [0.05, 0.1) is 11.4 Å². The first-order chi connectivity index (χ1) is 10.2. The summed E-state index contributed by atoms with van der Waals surface area (Å²) in [7, 11) is 0. The molecule has 0 amide bonds. The molecule has 0 fully saturated rings. The van der Waals surface area contributed by atoms with Gasteiger partial charge in [-0.05, 0) is 44.0 Å². The highest BCUT2D eigenvalue weighted by Crippen LogP contribution is 2.25. The third kappa shape index (κ3) is 2.57. The Balaban J connectivity index is 2.05. The minimum atomic E-state index is 0.816. The van der Waals surface area contributed by atoms with Gasteiger partial charge in [-0.2, -0.15) is 5.10 Å². The van der Waals surface area contributed by atoms with E-state index in [2.05, 4.69) is 53.2 Å². The summed E-state index contributed by atoms with van der Waals surface area (Å²) in [6.07, 6.45) is 4.65.